The smallest absolute Gasteiger partial charge is 0.239 e. The molecule has 1 amide bonds. The van der Waals surface area contributed by atoms with E-state index in [1.54, 1.807) is 0 Å². The Labute approximate surface area is 87.6 Å². The van der Waals surface area contributed by atoms with Gasteiger partial charge in [-0.3, -0.25) is 4.79 Å². The molecule has 0 aromatic heterocycles. The van der Waals surface area contributed by atoms with Crippen LogP contribution in [0.4, 0.5) is 0 Å². The van der Waals surface area contributed by atoms with Crippen LogP contribution in [0.3, 0.4) is 0 Å². The van der Waals surface area contributed by atoms with Crippen molar-refractivity contribution in [3.63, 3.8) is 0 Å². The molecular weight excluding hydrogens is 176 g/mol. The highest BCUT2D eigenvalue weighted by Crippen LogP contribution is 2.02. The van der Waals surface area contributed by atoms with Gasteiger partial charge in [0.25, 0.3) is 0 Å². The molecule has 0 heterocycles. The first kappa shape index (κ1) is 13.4. The lowest BCUT2D eigenvalue weighted by molar-refractivity contribution is -0.132. The first-order chi connectivity index (χ1) is 6.67. The van der Waals surface area contributed by atoms with Gasteiger partial charge in [-0.1, -0.05) is 26.7 Å². The zero-order chi connectivity index (χ0) is 11.0. The summed E-state index contributed by atoms with van der Waals surface area (Å²) < 4.78 is 0. The van der Waals surface area contributed by atoms with Crippen LogP contribution in [-0.2, 0) is 4.79 Å². The van der Waals surface area contributed by atoms with Gasteiger partial charge < -0.3 is 10.6 Å². The highest BCUT2D eigenvalue weighted by Gasteiger charge is 2.17. The lowest BCUT2D eigenvalue weighted by Crippen LogP contribution is -2.44. The van der Waals surface area contributed by atoms with Crippen molar-refractivity contribution < 1.29 is 4.79 Å². The average molecular weight is 200 g/mol. The van der Waals surface area contributed by atoms with Crippen molar-refractivity contribution in [2.24, 2.45) is 5.73 Å². The first-order valence-corrected chi connectivity index (χ1v) is 5.71. The lowest BCUT2D eigenvalue weighted by atomic mass is 10.1. The Hall–Kier alpha value is -0.570. The van der Waals surface area contributed by atoms with Crippen molar-refractivity contribution >= 4 is 5.91 Å². The summed E-state index contributed by atoms with van der Waals surface area (Å²) in [4.78, 5) is 13.6. The minimum absolute atomic E-state index is 0.114. The van der Waals surface area contributed by atoms with E-state index >= 15 is 0 Å². The zero-order valence-corrected chi connectivity index (χ0v) is 9.75. The van der Waals surface area contributed by atoms with Crippen LogP contribution in [0.25, 0.3) is 0 Å². The van der Waals surface area contributed by atoms with Crippen LogP contribution in [0, 0.1) is 0 Å². The monoisotopic (exact) mass is 200 g/mol. The molecule has 3 nitrogen and oxygen atoms in total. The van der Waals surface area contributed by atoms with Gasteiger partial charge >= 0.3 is 0 Å². The summed E-state index contributed by atoms with van der Waals surface area (Å²) in [6.07, 6.45) is 3.95. The Bertz CT molecular complexity index is 159. The maximum Gasteiger partial charge on any atom is 0.239 e. The van der Waals surface area contributed by atoms with Crippen molar-refractivity contribution in [2.45, 2.75) is 52.5 Å². The van der Waals surface area contributed by atoms with Crippen molar-refractivity contribution in [1.29, 1.82) is 0 Å². The Kier molecular flexibility index (Phi) is 7.48. The predicted octanol–water partition coefficient (Wildman–Crippen LogP) is 1.76. The van der Waals surface area contributed by atoms with E-state index in [0.717, 1.165) is 38.8 Å². The van der Waals surface area contributed by atoms with Gasteiger partial charge in [0, 0.05) is 13.1 Å². The largest absolute Gasteiger partial charge is 0.342 e. The summed E-state index contributed by atoms with van der Waals surface area (Å²) in [6, 6.07) is -0.295. The molecule has 0 radical (unpaired) electrons. The number of likely N-dealkylation sites (N-methyl/N-ethyl adjacent to an activating group) is 1. The number of unbranched alkanes of at least 4 members (excludes halogenated alkanes) is 1. The van der Waals surface area contributed by atoms with E-state index in [0.29, 0.717) is 0 Å². The number of hydrogen-bond acceptors (Lipinski definition) is 2. The third-order valence-corrected chi connectivity index (χ3v) is 2.39. The molecule has 1 atom stereocenters. The number of amides is 1. The quantitative estimate of drug-likeness (QED) is 0.680. The van der Waals surface area contributed by atoms with E-state index in [4.69, 9.17) is 5.73 Å². The second-order valence-electron chi connectivity index (χ2n) is 3.67. The Balaban J connectivity index is 4.01. The van der Waals surface area contributed by atoms with Crippen molar-refractivity contribution in [3.8, 4) is 0 Å². The molecule has 0 aromatic carbocycles. The maximum atomic E-state index is 11.8. The standard InChI is InChI=1S/C11H24N2O/c1-4-7-9-13(6-3)11(14)10(12)8-5-2/h10H,4-9,12H2,1-3H3. The molecule has 14 heavy (non-hydrogen) atoms. The number of carbonyl (C=O) groups is 1. The predicted molar refractivity (Wildman–Crippen MR) is 60.0 cm³/mol. The van der Waals surface area contributed by atoms with Crippen LogP contribution in [0.1, 0.15) is 46.5 Å². The third-order valence-electron chi connectivity index (χ3n) is 2.39. The summed E-state index contributed by atoms with van der Waals surface area (Å²) in [6.45, 7) is 7.81. The number of nitrogens with two attached hydrogens (primary N) is 1. The molecule has 3 heteroatoms. The van der Waals surface area contributed by atoms with E-state index in [9.17, 15) is 4.79 Å². The highest BCUT2D eigenvalue weighted by molar-refractivity contribution is 5.81. The van der Waals surface area contributed by atoms with E-state index in [-0.39, 0.29) is 11.9 Å². The van der Waals surface area contributed by atoms with E-state index < -0.39 is 0 Å². The molecule has 0 fully saturated rings. The molecule has 2 N–H and O–H groups in total. The summed E-state index contributed by atoms with van der Waals surface area (Å²) in [7, 11) is 0. The molecule has 0 saturated heterocycles. The van der Waals surface area contributed by atoms with Gasteiger partial charge in [-0.15, -0.1) is 0 Å². The summed E-state index contributed by atoms with van der Waals surface area (Å²) in [5.41, 5.74) is 5.78. The fourth-order valence-electron chi connectivity index (χ4n) is 1.44. The third kappa shape index (κ3) is 4.61. The first-order valence-electron chi connectivity index (χ1n) is 5.71. The van der Waals surface area contributed by atoms with Crippen LogP contribution in [-0.4, -0.2) is 29.9 Å². The minimum Gasteiger partial charge on any atom is -0.342 e. The zero-order valence-electron chi connectivity index (χ0n) is 9.75. The van der Waals surface area contributed by atoms with Crippen LogP contribution >= 0.6 is 0 Å². The van der Waals surface area contributed by atoms with Gasteiger partial charge in [-0.2, -0.15) is 0 Å². The Morgan fingerprint density at radius 1 is 1.29 bits per heavy atom. The van der Waals surface area contributed by atoms with Gasteiger partial charge in [0.1, 0.15) is 0 Å². The molecule has 0 spiro atoms. The molecule has 0 aromatic rings. The molecule has 0 aliphatic heterocycles. The lowest BCUT2D eigenvalue weighted by Gasteiger charge is -2.23. The number of rotatable bonds is 7. The van der Waals surface area contributed by atoms with Crippen molar-refractivity contribution in [3.05, 3.63) is 0 Å². The van der Waals surface area contributed by atoms with Crippen molar-refractivity contribution in [2.75, 3.05) is 13.1 Å². The van der Waals surface area contributed by atoms with Crippen LogP contribution in [0.15, 0.2) is 0 Å². The fraction of sp³-hybridized carbons (Fsp3) is 0.909. The molecular formula is C11H24N2O. The Morgan fingerprint density at radius 2 is 1.93 bits per heavy atom. The van der Waals surface area contributed by atoms with E-state index in [2.05, 4.69) is 13.8 Å². The molecule has 0 aliphatic rings. The fourth-order valence-corrected chi connectivity index (χ4v) is 1.44. The van der Waals surface area contributed by atoms with Gasteiger partial charge in [0.05, 0.1) is 6.04 Å². The maximum absolute atomic E-state index is 11.8. The summed E-state index contributed by atoms with van der Waals surface area (Å²) in [5, 5.41) is 0. The van der Waals surface area contributed by atoms with Crippen LogP contribution in [0.5, 0.6) is 0 Å². The number of nitrogens with zero attached hydrogens (tertiary/aromatic N) is 1. The molecule has 0 saturated carbocycles. The average Bonchev–Trinajstić information content (AvgIpc) is 2.19. The van der Waals surface area contributed by atoms with Crippen LogP contribution in [0.2, 0.25) is 0 Å². The minimum atomic E-state index is -0.295. The second-order valence-corrected chi connectivity index (χ2v) is 3.67. The molecule has 84 valence electrons. The van der Waals surface area contributed by atoms with Crippen molar-refractivity contribution in [1.82, 2.24) is 4.90 Å². The number of hydrogen-bond donors (Lipinski definition) is 1. The molecule has 0 rings (SSSR count). The SMILES string of the molecule is CCCCN(CC)C(=O)C(N)CCC. The van der Waals surface area contributed by atoms with Gasteiger partial charge in [-0.05, 0) is 19.8 Å². The molecule has 1 unspecified atom stereocenters. The number of carbonyl (C=O) groups excluding carboxylic acids is 1. The topological polar surface area (TPSA) is 46.3 Å². The Morgan fingerprint density at radius 3 is 2.36 bits per heavy atom. The molecule has 0 aliphatic carbocycles. The van der Waals surface area contributed by atoms with E-state index in [1.807, 2.05) is 11.8 Å². The second kappa shape index (κ2) is 7.80. The summed E-state index contributed by atoms with van der Waals surface area (Å²) >= 11 is 0. The van der Waals surface area contributed by atoms with E-state index in [1.165, 1.54) is 0 Å². The summed E-state index contributed by atoms with van der Waals surface area (Å²) in [5.74, 6) is 0.114. The highest BCUT2D eigenvalue weighted by atomic mass is 16.2. The van der Waals surface area contributed by atoms with Gasteiger partial charge in [-0.25, -0.2) is 0 Å². The molecule has 0 bridgehead atoms. The van der Waals surface area contributed by atoms with Crippen LogP contribution < -0.4 is 5.73 Å². The van der Waals surface area contributed by atoms with Gasteiger partial charge in [0.15, 0.2) is 0 Å². The van der Waals surface area contributed by atoms with Gasteiger partial charge in [0.2, 0.25) is 5.91 Å². The normalized spacial score (nSPS) is 12.6.